The molecule has 0 bridgehead atoms. The average molecular weight is 450 g/mol. The van der Waals surface area contributed by atoms with Crippen LogP contribution in [0.15, 0.2) is 59.5 Å². The van der Waals surface area contributed by atoms with Gasteiger partial charge in [-0.1, -0.05) is 24.3 Å². The maximum atomic E-state index is 13.5. The molecule has 1 aliphatic heterocycles. The molecule has 2 aromatic heterocycles. The van der Waals surface area contributed by atoms with Crippen molar-refractivity contribution in [3.63, 3.8) is 0 Å². The number of nitrogens with zero attached hydrogens (tertiary/aromatic N) is 4. The zero-order chi connectivity index (χ0) is 22.2. The van der Waals surface area contributed by atoms with Crippen LogP contribution in [0.2, 0.25) is 0 Å². The smallest absolute Gasteiger partial charge is 0.272 e. The third kappa shape index (κ3) is 3.73. The summed E-state index contributed by atoms with van der Waals surface area (Å²) < 4.78 is 27.8. The highest BCUT2D eigenvalue weighted by atomic mass is 32.2. The van der Waals surface area contributed by atoms with Crippen molar-refractivity contribution in [1.29, 1.82) is 0 Å². The Kier molecular flexibility index (Phi) is 5.14. The second-order valence-electron chi connectivity index (χ2n) is 7.58. The van der Waals surface area contributed by atoms with Gasteiger partial charge in [0, 0.05) is 28.4 Å². The average Bonchev–Trinajstić information content (AvgIpc) is 3.18. The summed E-state index contributed by atoms with van der Waals surface area (Å²) in [6.45, 7) is 1.95. The molecule has 0 radical (unpaired) electrons. The van der Waals surface area contributed by atoms with Gasteiger partial charge < -0.3 is 5.32 Å². The van der Waals surface area contributed by atoms with Gasteiger partial charge in [0.1, 0.15) is 11.6 Å². The Hall–Kier alpha value is -3.66. The number of anilines is 2. The summed E-state index contributed by atoms with van der Waals surface area (Å²) in [5.74, 6) is 1.46. The first kappa shape index (κ1) is 20.3. The number of benzene rings is 2. The zero-order valence-electron chi connectivity index (χ0n) is 17.1. The minimum Gasteiger partial charge on any atom is -0.324 e. The summed E-state index contributed by atoms with van der Waals surface area (Å²) in [4.78, 5) is 12.2. The fourth-order valence-corrected chi connectivity index (χ4v) is 5.13. The van der Waals surface area contributed by atoms with Crippen LogP contribution in [-0.4, -0.2) is 34.9 Å². The van der Waals surface area contributed by atoms with Gasteiger partial charge in [0.15, 0.2) is 0 Å². The van der Waals surface area contributed by atoms with E-state index in [1.54, 1.807) is 18.2 Å². The number of hydrogen-bond acceptors (Lipinski definition) is 6. The molecule has 3 heterocycles. The molecule has 32 heavy (non-hydrogen) atoms. The van der Waals surface area contributed by atoms with E-state index in [4.69, 9.17) is 0 Å². The Balaban J connectivity index is 1.55. The summed E-state index contributed by atoms with van der Waals surface area (Å²) in [5, 5.41) is 18.1. The lowest BCUT2D eigenvalue weighted by Gasteiger charge is -2.26. The van der Waals surface area contributed by atoms with Crippen molar-refractivity contribution < 1.29 is 8.60 Å². The fraction of sp³-hybridized carbons (Fsp3) is 0.182. The van der Waals surface area contributed by atoms with E-state index in [9.17, 15) is 13.4 Å². The van der Waals surface area contributed by atoms with E-state index >= 15 is 0 Å². The largest absolute Gasteiger partial charge is 0.324 e. The van der Waals surface area contributed by atoms with Gasteiger partial charge in [-0.3, -0.25) is 13.6 Å². The van der Waals surface area contributed by atoms with Crippen LogP contribution in [-0.2, 0) is 16.6 Å². The van der Waals surface area contributed by atoms with Crippen LogP contribution >= 0.6 is 0 Å². The normalized spacial score (nSPS) is 17.7. The number of aromatic nitrogens is 5. The van der Waals surface area contributed by atoms with E-state index in [0.717, 1.165) is 22.4 Å². The van der Waals surface area contributed by atoms with Crippen molar-refractivity contribution >= 4 is 22.4 Å². The predicted molar refractivity (Wildman–Crippen MR) is 120 cm³/mol. The molecule has 2 atom stereocenters. The van der Waals surface area contributed by atoms with Crippen LogP contribution in [0.5, 0.6) is 0 Å². The molecule has 2 N–H and O–H groups in total. The zero-order valence-corrected chi connectivity index (χ0v) is 17.9. The maximum Gasteiger partial charge on any atom is 0.272 e. The molecule has 0 spiro atoms. The molecule has 1 aliphatic rings. The monoisotopic (exact) mass is 450 g/mol. The molecule has 162 valence electrons. The van der Waals surface area contributed by atoms with Crippen LogP contribution in [0.1, 0.15) is 23.0 Å². The first-order chi connectivity index (χ1) is 15.5. The minimum atomic E-state index is -1.10. The second kappa shape index (κ2) is 8.12. The Morgan fingerprint density at radius 2 is 1.97 bits per heavy atom. The molecule has 8 nitrogen and oxygen atoms in total. The Labute approximate surface area is 185 Å². The minimum absolute atomic E-state index is 0.277. The number of fused-ring (bicyclic) bond motifs is 1. The van der Waals surface area contributed by atoms with Crippen molar-refractivity contribution in [2.24, 2.45) is 0 Å². The predicted octanol–water partition coefficient (Wildman–Crippen LogP) is 3.07. The molecule has 0 saturated carbocycles. The van der Waals surface area contributed by atoms with Gasteiger partial charge in [-0.05, 0) is 47.9 Å². The van der Waals surface area contributed by atoms with Gasteiger partial charge in [0.25, 0.3) is 5.56 Å². The van der Waals surface area contributed by atoms with E-state index in [2.05, 4.69) is 25.7 Å². The summed E-state index contributed by atoms with van der Waals surface area (Å²) in [7, 11) is -1.10. The highest BCUT2D eigenvalue weighted by Crippen LogP contribution is 2.32. The van der Waals surface area contributed by atoms with Gasteiger partial charge in [-0.15, -0.1) is 10.2 Å². The van der Waals surface area contributed by atoms with Gasteiger partial charge in [-0.2, -0.15) is 5.10 Å². The molecule has 0 saturated heterocycles. The van der Waals surface area contributed by atoms with Crippen LogP contribution in [0, 0.1) is 12.7 Å². The molecule has 0 aliphatic carbocycles. The molecule has 2 aromatic carbocycles. The lowest BCUT2D eigenvalue weighted by molar-refractivity contribution is 0.588. The van der Waals surface area contributed by atoms with E-state index in [1.807, 2.05) is 29.7 Å². The summed E-state index contributed by atoms with van der Waals surface area (Å²) >= 11 is 0. The first-order valence-electron chi connectivity index (χ1n) is 9.95. The van der Waals surface area contributed by atoms with Gasteiger partial charge in [-0.25, -0.2) is 9.49 Å². The SMILES string of the molecule is Cc1ccc(-c2ccn[nH]c2=O)cc1Nc1nnc2n1C(c1ccc(F)cc1)C[S@@](=O)C2. The molecule has 4 aromatic rings. The van der Waals surface area contributed by atoms with Crippen molar-refractivity contribution in [2.75, 3.05) is 11.1 Å². The molecule has 5 rings (SSSR count). The van der Waals surface area contributed by atoms with Crippen molar-refractivity contribution in [3.05, 3.63) is 87.9 Å². The topological polar surface area (TPSA) is 106 Å². The van der Waals surface area contributed by atoms with Gasteiger partial charge >= 0.3 is 0 Å². The third-order valence-electron chi connectivity index (χ3n) is 5.49. The van der Waals surface area contributed by atoms with Crippen LogP contribution in [0.3, 0.4) is 0 Å². The Bertz CT molecular complexity index is 1380. The van der Waals surface area contributed by atoms with Crippen LogP contribution < -0.4 is 10.9 Å². The van der Waals surface area contributed by atoms with Crippen molar-refractivity contribution in [2.45, 2.75) is 18.7 Å². The highest BCUT2D eigenvalue weighted by molar-refractivity contribution is 7.84. The summed E-state index contributed by atoms with van der Waals surface area (Å²) in [6, 6.07) is 13.2. The summed E-state index contributed by atoms with van der Waals surface area (Å²) in [5.41, 5.74) is 3.51. The fourth-order valence-electron chi connectivity index (χ4n) is 3.83. The number of aryl methyl sites for hydroxylation is 1. The van der Waals surface area contributed by atoms with E-state index in [0.29, 0.717) is 28.8 Å². The quantitative estimate of drug-likeness (QED) is 0.495. The number of rotatable bonds is 4. The number of halogens is 1. The lowest BCUT2D eigenvalue weighted by Crippen LogP contribution is -2.27. The molecule has 0 amide bonds. The van der Waals surface area contributed by atoms with E-state index in [-0.39, 0.29) is 17.4 Å². The van der Waals surface area contributed by atoms with E-state index < -0.39 is 10.8 Å². The molecule has 10 heteroatoms. The first-order valence-corrected chi connectivity index (χ1v) is 11.4. The Morgan fingerprint density at radius 3 is 2.75 bits per heavy atom. The molecule has 1 unspecified atom stereocenters. The van der Waals surface area contributed by atoms with Crippen molar-refractivity contribution in [1.82, 2.24) is 25.0 Å². The number of aromatic amines is 1. The number of H-pyrrole nitrogens is 1. The number of hydrogen-bond donors (Lipinski definition) is 2. The molecular formula is C22H19FN6O2S. The molecular weight excluding hydrogens is 431 g/mol. The highest BCUT2D eigenvalue weighted by Gasteiger charge is 2.30. The third-order valence-corrected chi connectivity index (χ3v) is 6.76. The van der Waals surface area contributed by atoms with Gasteiger partial charge in [0.05, 0.1) is 17.4 Å². The standard InChI is InChI=1S/C22H19FN6O2S/c1-13-2-3-15(17-8-9-24-27-21(17)30)10-18(13)25-22-28-26-20-12-32(31)11-19(29(20)22)14-4-6-16(23)7-5-14/h2-10,19H,11-12H2,1H3,(H,25,28)(H,27,30)/t19?,32-/m1/s1. The second-order valence-corrected chi connectivity index (χ2v) is 9.08. The number of nitrogens with one attached hydrogen (secondary N) is 2. The lowest BCUT2D eigenvalue weighted by atomic mass is 10.0. The Morgan fingerprint density at radius 1 is 1.16 bits per heavy atom. The van der Waals surface area contributed by atoms with Crippen LogP contribution in [0.4, 0.5) is 16.0 Å². The van der Waals surface area contributed by atoms with E-state index in [1.165, 1.54) is 18.3 Å². The van der Waals surface area contributed by atoms with Crippen LogP contribution in [0.25, 0.3) is 11.1 Å². The maximum absolute atomic E-state index is 13.5. The molecule has 0 fully saturated rings. The van der Waals surface area contributed by atoms with Crippen molar-refractivity contribution in [3.8, 4) is 11.1 Å². The van der Waals surface area contributed by atoms with Gasteiger partial charge in [0.2, 0.25) is 5.95 Å². The summed E-state index contributed by atoms with van der Waals surface area (Å²) in [6.07, 6.45) is 1.53.